The van der Waals surface area contributed by atoms with Gasteiger partial charge in [0, 0.05) is 18.6 Å². The van der Waals surface area contributed by atoms with Gasteiger partial charge in [0.15, 0.2) is 0 Å². The SMILES string of the molecule is CCCN(CC1CCCCN1)C(C)CCC(C)C. The van der Waals surface area contributed by atoms with Gasteiger partial charge in [0.25, 0.3) is 0 Å². The van der Waals surface area contributed by atoms with Crippen molar-refractivity contribution in [2.75, 3.05) is 19.6 Å². The summed E-state index contributed by atoms with van der Waals surface area (Å²) in [6.45, 7) is 13.1. The summed E-state index contributed by atoms with van der Waals surface area (Å²) in [4.78, 5) is 2.71. The van der Waals surface area contributed by atoms with Crippen molar-refractivity contribution >= 4 is 0 Å². The normalized spacial score (nSPS) is 22.7. The van der Waals surface area contributed by atoms with E-state index in [4.69, 9.17) is 0 Å². The molecule has 2 heteroatoms. The van der Waals surface area contributed by atoms with E-state index in [1.807, 2.05) is 0 Å². The Balaban J connectivity index is 2.36. The highest BCUT2D eigenvalue weighted by Gasteiger charge is 2.19. The third kappa shape index (κ3) is 6.19. The molecule has 0 bridgehead atoms. The highest BCUT2D eigenvalue weighted by Crippen LogP contribution is 2.15. The highest BCUT2D eigenvalue weighted by molar-refractivity contribution is 4.78. The van der Waals surface area contributed by atoms with Crippen molar-refractivity contribution in [1.29, 1.82) is 0 Å². The maximum atomic E-state index is 3.69. The lowest BCUT2D eigenvalue weighted by Crippen LogP contribution is -2.46. The van der Waals surface area contributed by atoms with Crippen LogP contribution in [0.2, 0.25) is 0 Å². The van der Waals surface area contributed by atoms with Crippen molar-refractivity contribution in [3.63, 3.8) is 0 Å². The molecule has 0 spiro atoms. The van der Waals surface area contributed by atoms with Gasteiger partial charge in [-0.1, -0.05) is 27.2 Å². The van der Waals surface area contributed by atoms with Crippen molar-refractivity contribution in [1.82, 2.24) is 10.2 Å². The summed E-state index contributed by atoms with van der Waals surface area (Å²) < 4.78 is 0. The Hall–Kier alpha value is -0.0800. The van der Waals surface area contributed by atoms with Gasteiger partial charge in [-0.2, -0.15) is 0 Å². The van der Waals surface area contributed by atoms with Gasteiger partial charge in [0.1, 0.15) is 0 Å². The molecular weight excluding hydrogens is 220 g/mol. The Morgan fingerprint density at radius 2 is 1.94 bits per heavy atom. The van der Waals surface area contributed by atoms with Gasteiger partial charge in [-0.3, -0.25) is 4.90 Å². The number of piperidine rings is 1. The number of hydrogen-bond donors (Lipinski definition) is 1. The summed E-state index contributed by atoms with van der Waals surface area (Å²) >= 11 is 0. The molecule has 2 unspecified atom stereocenters. The molecule has 1 aliphatic rings. The molecule has 1 aliphatic heterocycles. The largest absolute Gasteiger partial charge is 0.313 e. The molecular formula is C16H34N2. The first-order valence-electron chi connectivity index (χ1n) is 8.11. The van der Waals surface area contributed by atoms with Crippen LogP contribution in [-0.4, -0.2) is 36.6 Å². The summed E-state index contributed by atoms with van der Waals surface area (Å²) in [6, 6.07) is 1.49. The van der Waals surface area contributed by atoms with Crippen LogP contribution in [0.25, 0.3) is 0 Å². The number of rotatable bonds is 8. The number of nitrogens with zero attached hydrogens (tertiary/aromatic N) is 1. The maximum Gasteiger partial charge on any atom is 0.0195 e. The molecule has 108 valence electrons. The molecule has 1 fully saturated rings. The summed E-state index contributed by atoms with van der Waals surface area (Å²) in [6.07, 6.45) is 8.14. The average Bonchev–Trinajstić information content (AvgIpc) is 2.36. The molecule has 0 saturated carbocycles. The minimum atomic E-state index is 0.742. The molecule has 1 heterocycles. The Morgan fingerprint density at radius 3 is 2.50 bits per heavy atom. The van der Waals surface area contributed by atoms with Crippen molar-refractivity contribution in [3.05, 3.63) is 0 Å². The van der Waals surface area contributed by atoms with Gasteiger partial charge in [-0.25, -0.2) is 0 Å². The molecule has 1 N–H and O–H groups in total. The molecule has 0 aromatic heterocycles. The molecule has 18 heavy (non-hydrogen) atoms. The van der Waals surface area contributed by atoms with Crippen molar-refractivity contribution in [3.8, 4) is 0 Å². The second kappa shape index (κ2) is 8.92. The van der Waals surface area contributed by atoms with E-state index < -0.39 is 0 Å². The molecule has 0 aromatic rings. The molecule has 0 aliphatic carbocycles. The summed E-state index contributed by atoms with van der Waals surface area (Å²) in [5.41, 5.74) is 0. The van der Waals surface area contributed by atoms with E-state index in [9.17, 15) is 0 Å². The molecule has 1 rings (SSSR count). The predicted octanol–water partition coefficient (Wildman–Crippen LogP) is 3.67. The van der Waals surface area contributed by atoms with Crippen molar-refractivity contribution < 1.29 is 0 Å². The third-order valence-electron chi connectivity index (χ3n) is 4.16. The van der Waals surface area contributed by atoms with Gasteiger partial charge < -0.3 is 5.32 Å². The van der Waals surface area contributed by atoms with Gasteiger partial charge in [0.05, 0.1) is 0 Å². The van der Waals surface area contributed by atoms with Crippen LogP contribution in [0.1, 0.15) is 66.2 Å². The minimum Gasteiger partial charge on any atom is -0.313 e. The van der Waals surface area contributed by atoms with Gasteiger partial charge in [-0.05, 0) is 58.0 Å². The van der Waals surface area contributed by atoms with Crippen LogP contribution in [0.4, 0.5) is 0 Å². The molecule has 0 aromatic carbocycles. The van der Waals surface area contributed by atoms with Crippen molar-refractivity contribution in [2.24, 2.45) is 5.92 Å². The first-order valence-corrected chi connectivity index (χ1v) is 8.11. The highest BCUT2D eigenvalue weighted by atomic mass is 15.2. The zero-order valence-electron chi connectivity index (χ0n) is 13.0. The van der Waals surface area contributed by atoms with Gasteiger partial charge in [-0.15, -0.1) is 0 Å². The molecule has 1 saturated heterocycles. The van der Waals surface area contributed by atoms with Crippen LogP contribution in [0, 0.1) is 5.92 Å². The zero-order chi connectivity index (χ0) is 13.4. The fraction of sp³-hybridized carbons (Fsp3) is 1.00. The molecule has 0 amide bonds. The minimum absolute atomic E-state index is 0.742. The van der Waals surface area contributed by atoms with E-state index in [1.165, 1.54) is 58.2 Å². The van der Waals surface area contributed by atoms with E-state index in [0.29, 0.717) is 0 Å². The van der Waals surface area contributed by atoms with Crippen LogP contribution in [0.5, 0.6) is 0 Å². The van der Waals surface area contributed by atoms with Crippen LogP contribution in [0.15, 0.2) is 0 Å². The molecule has 2 nitrogen and oxygen atoms in total. The van der Waals surface area contributed by atoms with E-state index in [-0.39, 0.29) is 0 Å². The standard InChI is InChI=1S/C16H34N2/c1-5-12-18(15(4)10-9-14(2)3)13-16-8-6-7-11-17-16/h14-17H,5-13H2,1-4H3. The van der Waals surface area contributed by atoms with Crippen LogP contribution >= 0.6 is 0 Å². The van der Waals surface area contributed by atoms with Crippen LogP contribution in [-0.2, 0) is 0 Å². The third-order valence-corrected chi connectivity index (χ3v) is 4.16. The Kier molecular flexibility index (Phi) is 7.92. The first-order chi connectivity index (χ1) is 8.63. The van der Waals surface area contributed by atoms with Gasteiger partial charge >= 0.3 is 0 Å². The summed E-state index contributed by atoms with van der Waals surface area (Å²) in [5, 5.41) is 3.69. The quantitative estimate of drug-likeness (QED) is 0.711. The van der Waals surface area contributed by atoms with E-state index in [0.717, 1.165) is 18.0 Å². The molecule has 2 atom stereocenters. The Bertz CT molecular complexity index is 197. The lowest BCUT2D eigenvalue weighted by atomic mass is 10.0. The lowest BCUT2D eigenvalue weighted by Gasteiger charge is -2.34. The summed E-state index contributed by atoms with van der Waals surface area (Å²) in [7, 11) is 0. The van der Waals surface area contributed by atoms with E-state index in [1.54, 1.807) is 0 Å². The fourth-order valence-electron chi connectivity index (χ4n) is 2.90. The molecule has 0 radical (unpaired) electrons. The zero-order valence-corrected chi connectivity index (χ0v) is 13.0. The number of nitrogens with one attached hydrogen (secondary N) is 1. The van der Waals surface area contributed by atoms with Crippen molar-refractivity contribution in [2.45, 2.75) is 78.3 Å². The predicted molar refractivity (Wildman–Crippen MR) is 81.0 cm³/mol. The van der Waals surface area contributed by atoms with Crippen LogP contribution < -0.4 is 5.32 Å². The smallest absolute Gasteiger partial charge is 0.0195 e. The second-order valence-corrected chi connectivity index (χ2v) is 6.46. The number of hydrogen-bond acceptors (Lipinski definition) is 2. The topological polar surface area (TPSA) is 15.3 Å². The second-order valence-electron chi connectivity index (χ2n) is 6.46. The lowest BCUT2D eigenvalue weighted by molar-refractivity contribution is 0.163. The first kappa shape index (κ1) is 16.0. The summed E-state index contributed by atoms with van der Waals surface area (Å²) in [5.74, 6) is 0.837. The Morgan fingerprint density at radius 1 is 1.17 bits per heavy atom. The monoisotopic (exact) mass is 254 g/mol. The Labute approximate surface area is 115 Å². The van der Waals surface area contributed by atoms with E-state index in [2.05, 4.69) is 37.9 Å². The average molecular weight is 254 g/mol. The van der Waals surface area contributed by atoms with Crippen LogP contribution in [0.3, 0.4) is 0 Å². The van der Waals surface area contributed by atoms with Gasteiger partial charge in [0.2, 0.25) is 0 Å². The fourth-order valence-corrected chi connectivity index (χ4v) is 2.90. The van der Waals surface area contributed by atoms with E-state index >= 15 is 0 Å². The maximum absolute atomic E-state index is 3.69.